The van der Waals surface area contributed by atoms with Gasteiger partial charge in [0.1, 0.15) is 5.75 Å². The molecule has 19 heavy (non-hydrogen) atoms. The van der Waals surface area contributed by atoms with Crippen molar-refractivity contribution in [2.24, 2.45) is 0 Å². The van der Waals surface area contributed by atoms with Crippen molar-refractivity contribution in [3.8, 4) is 11.6 Å². The Hall–Kier alpha value is -2.10. The summed E-state index contributed by atoms with van der Waals surface area (Å²) in [5.74, 6) is 1.95. The predicted molar refractivity (Wildman–Crippen MR) is 76.8 cm³/mol. The molecule has 0 aliphatic rings. The molecule has 0 amide bonds. The number of ether oxygens (including phenoxy) is 1. The molecule has 0 fully saturated rings. The Bertz CT molecular complexity index is 555. The Balaban J connectivity index is 2.11. The lowest BCUT2D eigenvalue weighted by Gasteiger charge is -2.08. The molecule has 0 unspecified atom stereocenters. The minimum Gasteiger partial charge on any atom is -0.439 e. The summed E-state index contributed by atoms with van der Waals surface area (Å²) in [6.45, 7) is 7.10. The Morgan fingerprint density at radius 2 is 2.00 bits per heavy atom. The van der Waals surface area contributed by atoms with Crippen molar-refractivity contribution in [1.29, 1.82) is 0 Å². The highest BCUT2D eigenvalue weighted by molar-refractivity contribution is 5.36. The van der Waals surface area contributed by atoms with Gasteiger partial charge in [-0.05, 0) is 43.5 Å². The number of anilines is 1. The number of hydrogen-bond donors (Lipinski definition) is 1. The summed E-state index contributed by atoms with van der Waals surface area (Å²) in [6, 6.07) is 7.76. The van der Waals surface area contributed by atoms with E-state index in [4.69, 9.17) is 4.74 Å². The van der Waals surface area contributed by atoms with Gasteiger partial charge in [0.2, 0.25) is 11.8 Å². The predicted octanol–water partition coefficient (Wildman–Crippen LogP) is 3.71. The maximum atomic E-state index is 5.74. The number of aryl methyl sites for hydroxylation is 2. The topological polar surface area (TPSA) is 47.0 Å². The molecule has 0 radical (unpaired) electrons. The van der Waals surface area contributed by atoms with E-state index in [1.807, 2.05) is 18.2 Å². The summed E-state index contributed by atoms with van der Waals surface area (Å²) in [4.78, 5) is 8.46. The number of hydrogen-bond acceptors (Lipinski definition) is 4. The molecular formula is C15H19N3O. The van der Waals surface area contributed by atoms with Gasteiger partial charge in [-0.25, -0.2) is 4.98 Å². The minimum absolute atomic E-state index is 0.553. The Labute approximate surface area is 113 Å². The van der Waals surface area contributed by atoms with E-state index in [9.17, 15) is 0 Å². The summed E-state index contributed by atoms with van der Waals surface area (Å²) < 4.78 is 5.74. The minimum atomic E-state index is 0.553. The van der Waals surface area contributed by atoms with E-state index in [-0.39, 0.29) is 0 Å². The number of benzene rings is 1. The summed E-state index contributed by atoms with van der Waals surface area (Å²) in [7, 11) is 0. The van der Waals surface area contributed by atoms with Crippen LogP contribution in [0, 0.1) is 13.8 Å². The number of aromatic nitrogens is 2. The van der Waals surface area contributed by atoms with E-state index in [0.29, 0.717) is 11.8 Å². The van der Waals surface area contributed by atoms with E-state index in [2.05, 4.69) is 36.1 Å². The van der Waals surface area contributed by atoms with Crippen LogP contribution in [0.15, 0.2) is 30.5 Å². The van der Waals surface area contributed by atoms with Gasteiger partial charge >= 0.3 is 0 Å². The van der Waals surface area contributed by atoms with E-state index in [0.717, 1.165) is 18.7 Å². The summed E-state index contributed by atoms with van der Waals surface area (Å²) >= 11 is 0. The van der Waals surface area contributed by atoms with Gasteiger partial charge in [-0.3, -0.25) is 0 Å². The first-order valence-corrected chi connectivity index (χ1v) is 6.51. The second kappa shape index (κ2) is 6.18. The average Bonchev–Trinajstić information content (AvgIpc) is 2.41. The van der Waals surface area contributed by atoms with Crippen molar-refractivity contribution in [3.63, 3.8) is 0 Å². The molecular weight excluding hydrogens is 238 g/mol. The molecule has 1 heterocycles. The molecule has 1 aromatic carbocycles. The van der Waals surface area contributed by atoms with E-state index >= 15 is 0 Å². The molecule has 2 rings (SSSR count). The lowest BCUT2D eigenvalue weighted by atomic mass is 10.1. The molecule has 0 aliphatic carbocycles. The summed E-state index contributed by atoms with van der Waals surface area (Å²) in [5.41, 5.74) is 2.45. The molecule has 0 atom stereocenters. The zero-order chi connectivity index (χ0) is 13.7. The third kappa shape index (κ3) is 3.68. The van der Waals surface area contributed by atoms with Crippen LogP contribution in [-0.4, -0.2) is 16.5 Å². The van der Waals surface area contributed by atoms with Gasteiger partial charge in [-0.15, -0.1) is 0 Å². The zero-order valence-corrected chi connectivity index (χ0v) is 11.6. The van der Waals surface area contributed by atoms with Crippen LogP contribution >= 0.6 is 0 Å². The molecule has 0 aliphatic heterocycles. The number of rotatable bonds is 5. The molecule has 100 valence electrons. The first kappa shape index (κ1) is 13.3. The van der Waals surface area contributed by atoms with Crippen molar-refractivity contribution >= 4 is 5.95 Å². The lowest BCUT2D eigenvalue weighted by Crippen LogP contribution is -2.04. The molecule has 1 N–H and O–H groups in total. The quantitative estimate of drug-likeness (QED) is 0.887. The van der Waals surface area contributed by atoms with Gasteiger partial charge < -0.3 is 10.1 Å². The van der Waals surface area contributed by atoms with Crippen LogP contribution in [0.3, 0.4) is 0 Å². The van der Waals surface area contributed by atoms with E-state index in [1.165, 1.54) is 11.1 Å². The third-order valence-electron chi connectivity index (χ3n) is 2.86. The van der Waals surface area contributed by atoms with Gasteiger partial charge in [0.25, 0.3) is 0 Å². The van der Waals surface area contributed by atoms with Crippen LogP contribution in [-0.2, 0) is 0 Å². The SMILES string of the molecule is CCCNc1nccc(Oc2ccc(C)c(C)c2)n1. The second-order valence-corrected chi connectivity index (χ2v) is 4.49. The lowest BCUT2D eigenvalue weighted by molar-refractivity contribution is 0.462. The summed E-state index contributed by atoms with van der Waals surface area (Å²) in [5, 5.41) is 3.14. The molecule has 1 aromatic heterocycles. The maximum absolute atomic E-state index is 5.74. The van der Waals surface area contributed by atoms with Crippen LogP contribution in [0.1, 0.15) is 24.5 Å². The number of nitrogens with one attached hydrogen (secondary N) is 1. The van der Waals surface area contributed by atoms with Crippen molar-refractivity contribution in [2.45, 2.75) is 27.2 Å². The third-order valence-corrected chi connectivity index (χ3v) is 2.86. The van der Waals surface area contributed by atoms with Crippen molar-refractivity contribution in [3.05, 3.63) is 41.6 Å². The molecule has 4 heteroatoms. The Kier molecular flexibility index (Phi) is 4.34. The molecule has 0 bridgehead atoms. The first-order valence-electron chi connectivity index (χ1n) is 6.51. The molecule has 4 nitrogen and oxygen atoms in total. The van der Waals surface area contributed by atoms with E-state index < -0.39 is 0 Å². The fourth-order valence-corrected chi connectivity index (χ4v) is 1.62. The zero-order valence-electron chi connectivity index (χ0n) is 11.6. The van der Waals surface area contributed by atoms with Crippen LogP contribution in [0.4, 0.5) is 5.95 Å². The second-order valence-electron chi connectivity index (χ2n) is 4.49. The fourth-order valence-electron chi connectivity index (χ4n) is 1.62. The van der Waals surface area contributed by atoms with Crippen LogP contribution in [0.25, 0.3) is 0 Å². The van der Waals surface area contributed by atoms with Gasteiger partial charge in [0, 0.05) is 18.8 Å². The van der Waals surface area contributed by atoms with Crippen LogP contribution < -0.4 is 10.1 Å². The van der Waals surface area contributed by atoms with Gasteiger partial charge in [0.15, 0.2) is 0 Å². The van der Waals surface area contributed by atoms with Crippen molar-refractivity contribution in [2.75, 3.05) is 11.9 Å². The first-order chi connectivity index (χ1) is 9.19. The number of nitrogens with zero attached hydrogens (tertiary/aromatic N) is 2. The standard InChI is InChI=1S/C15H19N3O/c1-4-8-16-15-17-9-7-14(18-15)19-13-6-5-11(2)12(3)10-13/h5-7,9-10H,4,8H2,1-3H3,(H,16,17,18). The highest BCUT2D eigenvalue weighted by Crippen LogP contribution is 2.22. The monoisotopic (exact) mass is 257 g/mol. The largest absolute Gasteiger partial charge is 0.439 e. The smallest absolute Gasteiger partial charge is 0.225 e. The van der Waals surface area contributed by atoms with Crippen molar-refractivity contribution < 1.29 is 4.74 Å². The highest BCUT2D eigenvalue weighted by Gasteiger charge is 2.02. The van der Waals surface area contributed by atoms with Gasteiger partial charge in [-0.1, -0.05) is 13.0 Å². The normalized spacial score (nSPS) is 10.3. The molecule has 0 saturated heterocycles. The summed E-state index contributed by atoms with van der Waals surface area (Å²) in [6.07, 6.45) is 2.73. The van der Waals surface area contributed by atoms with Crippen LogP contribution in [0.2, 0.25) is 0 Å². The van der Waals surface area contributed by atoms with Crippen LogP contribution in [0.5, 0.6) is 11.6 Å². The van der Waals surface area contributed by atoms with Gasteiger partial charge in [0.05, 0.1) is 0 Å². The van der Waals surface area contributed by atoms with E-state index in [1.54, 1.807) is 12.3 Å². The fraction of sp³-hybridized carbons (Fsp3) is 0.333. The Morgan fingerprint density at radius 1 is 1.16 bits per heavy atom. The maximum Gasteiger partial charge on any atom is 0.225 e. The van der Waals surface area contributed by atoms with Crippen molar-refractivity contribution in [1.82, 2.24) is 9.97 Å². The molecule has 2 aromatic rings. The van der Waals surface area contributed by atoms with Gasteiger partial charge in [-0.2, -0.15) is 4.98 Å². The molecule has 0 spiro atoms. The highest BCUT2D eigenvalue weighted by atomic mass is 16.5. The molecule has 0 saturated carbocycles. The average molecular weight is 257 g/mol. The Morgan fingerprint density at radius 3 is 2.74 bits per heavy atom.